The highest BCUT2D eigenvalue weighted by atomic mass is 35.5. The number of rotatable bonds is 8. The third kappa shape index (κ3) is 5.81. The standard InChI is InChI=1S/C28H22ClN3O7/c1-3-39-28(37)18-6-12-20(13-7-18)31-24(33)16-4-10-19(11-5-16)30-23-22(29)25(34)32(26(23)35)21-14-8-17(9-15-21)27(36)38-2/h4-15,30H,3H2,1-2H3,(H,31,33). The average molecular weight is 548 g/mol. The molecule has 198 valence electrons. The number of nitrogens with one attached hydrogen (secondary N) is 2. The number of ether oxygens (including phenoxy) is 2. The van der Waals surface area contributed by atoms with E-state index >= 15 is 0 Å². The first-order chi connectivity index (χ1) is 18.7. The van der Waals surface area contributed by atoms with E-state index in [0.717, 1.165) is 4.90 Å². The van der Waals surface area contributed by atoms with Crippen LogP contribution in [0.1, 0.15) is 38.0 Å². The molecule has 0 saturated carbocycles. The molecular weight excluding hydrogens is 526 g/mol. The summed E-state index contributed by atoms with van der Waals surface area (Å²) in [7, 11) is 1.25. The fourth-order valence-corrected chi connectivity index (χ4v) is 3.88. The van der Waals surface area contributed by atoms with E-state index in [-0.39, 0.29) is 28.6 Å². The van der Waals surface area contributed by atoms with Crippen molar-refractivity contribution >= 4 is 58.3 Å². The molecule has 0 aromatic heterocycles. The van der Waals surface area contributed by atoms with Crippen LogP contribution in [0.3, 0.4) is 0 Å². The van der Waals surface area contributed by atoms with Crippen molar-refractivity contribution in [3.8, 4) is 0 Å². The zero-order valence-electron chi connectivity index (χ0n) is 20.8. The first-order valence-corrected chi connectivity index (χ1v) is 12.0. The molecule has 11 heteroatoms. The van der Waals surface area contributed by atoms with Gasteiger partial charge in [-0.3, -0.25) is 14.4 Å². The van der Waals surface area contributed by atoms with Gasteiger partial charge in [-0.25, -0.2) is 14.5 Å². The van der Waals surface area contributed by atoms with Gasteiger partial charge in [0.2, 0.25) is 0 Å². The van der Waals surface area contributed by atoms with Crippen molar-refractivity contribution in [3.05, 3.63) is 100 Å². The van der Waals surface area contributed by atoms with Crippen molar-refractivity contribution in [1.82, 2.24) is 0 Å². The van der Waals surface area contributed by atoms with Crippen LogP contribution in [0.15, 0.2) is 83.5 Å². The van der Waals surface area contributed by atoms with E-state index in [2.05, 4.69) is 15.4 Å². The van der Waals surface area contributed by atoms with Gasteiger partial charge in [0.05, 0.1) is 30.5 Å². The lowest BCUT2D eigenvalue weighted by Crippen LogP contribution is -2.32. The third-order valence-corrected chi connectivity index (χ3v) is 5.99. The van der Waals surface area contributed by atoms with E-state index in [9.17, 15) is 24.0 Å². The lowest BCUT2D eigenvalue weighted by molar-refractivity contribution is -0.120. The molecule has 4 rings (SSSR count). The van der Waals surface area contributed by atoms with Crippen molar-refractivity contribution in [1.29, 1.82) is 0 Å². The van der Waals surface area contributed by atoms with Gasteiger partial charge in [0.15, 0.2) is 0 Å². The minimum absolute atomic E-state index is 0.127. The highest BCUT2D eigenvalue weighted by Crippen LogP contribution is 2.30. The van der Waals surface area contributed by atoms with E-state index in [1.807, 2.05) is 0 Å². The largest absolute Gasteiger partial charge is 0.465 e. The Labute approximate surface area is 228 Å². The molecule has 0 aliphatic carbocycles. The normalized spacial score (nSPS) is 12.8. The van der Waals surface area contributed by atoms with Crippen LogP contribution in [0, 0.1) is 0 Å². The van der Waals surface area contributed by atoms with Gasteiger partial charge < -0.3 is 20.1 Å². The van der Waals surface area contributed by atoms with Gasteiger partial charge in [0.25, 0.3) is 17.7 Å². The summed E-state index contributed by atoms with van der Waals surface area (Å²) in [6, 6.07) is 18.2. The summed E-state index contributed by atoms with van der Waals surface area (Å²) < 4.78 is 9.59. The number of imide groups is 1. The zero-order chi connectivity index (χ0) is 28.1. The Morgan fingerprint density at radius 2 is 1.31 bits per heavy atom. The monoisotopic (exact) mass is 547 g/mol. The summed E-state index contributed by atoms with van der Waals surface area (Å²) in [4.78, 5) is 62.6. The fourth-order valence-electron chi connectivity index (χ4n) is 3.67. The summed E-state index contributed by atoms with van der Waals surface area (Å²) in [5, 5.41) is 5.27. The number of esters is 2. The lowest BCUT2D eigenvalue weighted by Gasteiger charge is -2.15. The van der Waals surface area contributed by atoms with E-state index < -0.39 is 29.7 Å². The predicted octanol–water partition coefficient (Wildman–Crippen LogP) is 4.34. The molecule has 1 aliphatic heterocycles. The van der Waals surface area contributed by atoms with Crippen molar-refractivity contribution < 1.29 is 33.4 Å². The molecule has 0 radical (unpaired) electrons. The van der Waals surface area contributed by atoms with E-state index in [4.69, 9.17) is 16.3 Å². The second kappa shape index (κ2) is 11.6. The smallest absolute Gasteiger partial charge is 0.338 e. The number of benzene rings is 3. The highest BCUT2D eigenvalue weighted by molar-refractivity contribution is 6.53. The molecule has 1 aliphatic rings. The van der Waals surface area contributed by atoms with Crippen molar-refractivity contribution in [2.24, 2.45) is 0 Å². The average Bonchev–Trinajstić information content (AvgIpc) is 3.16. The van der Waals surface area contributed by atoms with Crippen LogP contribution in [0.4, 0.5) is 17.1 Å². The van der Waals surface area contributed by atoms with E-state index in [1.165, 1.54) is 43.5 Å². The van der Waals surface area contributed by atoms with Crippen LogP contribution in [0.5, 0.6) is 0 Å². The Bertz CT molecular complexity index is 1480. The maximum Gasteiger partial charge on any atom is 0.338 e. The Kier molecular flexibility index (Phi) is 8.07. The number of halogens is 1. The molecule has 3 aromatic rings. The number of nitrogens with zero attached hydrogens (tertiary/aromatic N) is 1. The minimum Gasteiger partial charge on any atom is -0.465 e. The number of methoxy groups -OCH3 is 1. The molecule has 3 amide bonds. The van der Waals surface area contributed by atoms with Crippen LogP contribution in [-0.4, -0.2) is 43.4 Å². The number of hydrogen-bond acceptors (Lipinski definition) is 8. The molecule has 0 bridgehead atoms. The molecule has 2 N–H and O–H groups in total. The third-order valence-electron chi connectivity index (χ3n) is 5.64. The molecular formula is C28H22ClN3O7. The van der Waals surface area contributed by atoms with Gasteiger partial charge in [-0.2, -0.15) is 0 Å². The Balaban J connectivity index is 1.41. The SMILES string of the molecule is CCOC(=O)c1ccc(NC(=O)c2ccc(NC3=C(Cl)C(=O)N(c4ccc(C(=O)OC)cc4)C3=O)cc2)cc1. The lowest BCUT2D eigenvalue weighted by atomic mass is 10.1. The molecule has 1 heterocycles. The maximum absolute atomic E-state index is 13.0. The second-order valence-corrected chi connectivity index (χ2v) is 8.51. The molecule has 3 aromatic carbocycles. The van der Waals surface area contributed by atoms with E-state index in [1.54, 1.807) is 43.3 Å². The maximum atomic E-state index is 13.0. The number of carbonyl (C=O) groups excluding carboxylic acids is 5. The minimum atomic E-state index is -0.722. The molecule has 0 fully saturated rings. The zero-order valence-corrected chi connectivity index (χ0v) is 21.6. The quantitative estimate of drug-likeness (QED) is 0.314. The fraction of sp³-hybridized carbons (Fsp3) is 0.107. The van der Waals surface area contributed by atoms with Gasteiger partial charge >= 0.3 is 11.9 Å². The number of anilines is 3. The van der Waals surface area contributed by atoms with Gasteiger partial charge in [-0.1, -0.05) is 11.6 Å². The summed E-state index contributed by atoms with van der Waals surface area (Å²) >= 11 is 6.18. The van der Waals surface area contributed by atoms with Gasteiger partial charge in [-0.15, -0.1) is 0 Å². The van der Waals surface area contributed by atoms with Crippen molar-refractivity contribution in [3.63, 3.8) is 0 Å². The molecule has 39 heavy (non-hydrogen) atoms. The van der Waals surface area contributed by atoms with Crippen LogP contribution >= 0.6 is 11.6 Å². The van der Waals surface area contributed by atoms with Crippen LogP contribution in [-0.2, 0) is 19.1 Å². The molecule has 0 unspecified atom stereocenters. The van der Waals surface area contributed by atoms with Crippen LogP contribution in [0.25, 0.3) is 0 Å². The van der Waals surface area contributed by atoms with Crippen LogP contribution < -0.4 is 15.5 Å². The first-order valence-electron chi connectivity index (χ1n) is 11.7. The molecule has 10 nitrogen and oxygen atoms in total. The number of amides is 3. The Morgan fingerprint density at radius 1 is 0.769 bits per heavy atom. The summed E-state index contributed by atoms with van der Waals surface area (Å²) in [5.41, 5.74) is 1.97. The topological polar surface area (TPSA) is 131 Å². The second-order valence-electron chi connectivity index (χ2n) is 8.13. The van der Waals surface area contributed by atoms with Crippen LogP contribution in [0.2, 0.25) is 0 Å². The summed E-state index contributed by atoms with van der Waals surface area (Å²) in [6.45, 7) is 1.98. The first kappa shape index (κ1) is 27.1. The van der Waals surface area contributed by atoms with Crippen molar-refractivity contribution in [2.75, 3.05) is 29.3 Å². The van der Waals surface area contributed by atoms with Gasteiger partial charge in [0, 0.05) is 16.9 Å². The highest BCUT2D eigenvalue weighted by Gasteiger charge is 2.39. The summed E-state index contributed by atoms with van der Waals surface area (Å²) in [5.74, 6) is -2.79. The molecule has 0 saturated heterocycles. The predicted molar refractivity (Wildman–Crippen MR) is 144 cm³/mol. The molecule has 0 atom stereocenters. The van der Waals surface area contributed by atoms with E-state index in [0.29, 0.717) is 22.5 Å². The number of carbonyl (C=O) groups is 5. The Hall–Kier alpha value is -4.96. The number of hydrogen-bond donors (Lipinski definition) is 2. The summed E-state index contributed by atoms with van der Waals surface area (Å²) in [6.07, 6.45) is 0. The Morgan fingerprint density at radius 3 is 1.90 bits per heavy atom. The van der Waals surface area contributed by atoms with Crippen molar-refractivity contribution in [2.45, 2.75) is 6.92 Å². The van der Waals surface area contributed by atoms with Gasteiger partial charge in [-0.05, 0) is 79.7 Å². The van der Waals surface area contributed by atoms with Gasteiger partial charge in [0.1, 0.15) is 10.7 Å². The molecule has 0 spiro atoms.